The van der Waals surface area contributed by atoms with Gasteiger partial charge in [-0.2, -0.15) is 0 Å². The highest BCUT2D eigenvalue weighted by atomic mass is 16.1. The maximum Gasteiger partial charge on any atom is 0.276 e. The van der Waals surface area contributed by atoms with Crippen LogP contribution < -0.4 is 15.1 Å². The smallest absolute Gasteiger partial charge is 0.276 e. The first-order valence-corrected chi connectivity index (χ1v) is 9.30. The molecular formula is C20H29N5O. The summed E-state index contributed by atoms with van der Waals surface area (Å²) in [7, 11) is 1.98. The van der Waals surface area contributed by atoms with Crippen LogP contribution in [0.4, 0.5) is 17.2 Å². The number of nitrogens with one attached hydrogen (secondary N) is 1. The zero-order valence-corrected chi connectivity index (χ0v) is 16.2. The minimum atomic E-state index is -0.254. The summed E-state index contributed by atoms with van der Waals surface area (Å²) in [6.45, 7) is 9.24. The molecule has 0 radical (unpaired) electrons. The third-order valence-corrected chi connectivity index (χ3v) is 4.38. The number of unbranched alkanes of at least 4 members (excludes halogenated alkanes) is 1. The first-order chi connectivity index (χ1) is 12.6. The Hall–Kier alpha value is -2.63. The van der Waals surface area contributed by atoms with Crippen LogP contribution in [0, 0.1) is 0 Å². The number of hydrogen-bond donors (Lipinski definition) is 1. The van der Waals surface area contributed by atoms with E-state index in [1.807, 2.05) is 42.3 Å². The molecule has 140 valence electrons. The third kappa shape index (κ3) is 5.18. The summed E-state index contributed by atoms with van der Waals surface area (Å²) in [5.41, 5.74) is 2.20. The molecule has 1 aromatic carbocycles. The molecule has 6 heteroatoms. The highest BCUT2D eigenvalue weighted by molar-refractivity contribution is 6.02. The van der Waals surface area contributed by atoms with E-state index in [1.54, 1.807) is 6.07 Å². The molecule has 2 rings (SSSR count). The Balaban J connectivity index is 1.99. The van der Waals surface area contributed by atoms with Crippen LogP contribution in [0.3, 0.4) is 0 Å². The lowest BCUT2D eigenvalue weighted by atomic mass is 10.2. The maximum atomic E-state index is 12.4. The fourth-order valence-electron chi connectivity index (χ4n) is 2.70. The summed E-state index contributed by atoms with van der Waals surface area (Å²) in [6, 6.07) is 11.4. The van der Waals surface area contributed by atoms with E-state index in [-0.39, 0.29) is 5.91 Å². The van der Waals surface area contributed by atoms with Crippen molar-refractivity contribution in [2.45, 2.75) is 33.6 Å². The van der Waals surface area contributed by atoms with Crippen molar-refractivity contribution in [3.05, 3.63) is 42.1 Å². The lowest BCUT2D eigenvalue weighted by molar-refractivity contribution is 0.102. The lowest BCUT2D eigenvalue weighted by Gasteiger charge is -2.21. The molecule has 0 saturated carbocycles. The van der Waals surface area contributed by atoms with Crippen LogP contribution in [0.5, 0.6) is 0 Å². The molecule has 1 amide bonds. The van der Waals surface area contributed by atoms with Crippen molar-refractivity contribution < 1.29 is 4.79 Å². The Morgan fingerprint density at radius 2 is 1.69 bits per heavy atom. The number of aromatic nitrogens is 2. The molecule has 26 heavy (non-hydrogen) atoms. The minimum Gasteiger partial charge on any atom is -0.372 e. The molecule has 1 aromatic heterocycles. The Morgan fingerprint density at radius 1 is 1.00 bits per heavy atom. The molecule has 0 bridgehead atoms. The summed E-state index contributed by atoms with van der Waals surface area (Å²) in [6.07, 6.45) is 2.23. The van der Waals surface area contributed by atoms with Crippen LogP contribution in [0.15, 0.2) is 36.4 Å². The fourth-order valence-corrected chi connectivity index (χ4v) is 2.70. The van der Waals surface area contributed by atoms with E-state index in [0.717, 1.165) is 49.7 Å². The Kier molecular flexibility index (Phi) is 7.38. The molecule has 0 fully saturated rings. The number of amides is 1. The van der Waals surface area contributed by atoms with Crippen molar-refractivity contribution in [2.75, 3.05) is 41.8 Å². The molecule has 0 spiro atoms. The van der Waals surface area contributed by atoms with E-state index >= 15 is 0 Å². The fraction of sp³-hybridized carbons (Fsp3) is 0.450. The molecule has 0 saturated heterocycles. The molecule has 1 N–H and O–H groups in total. The molecule has 2 aromatic rings. The standard InChI is InChI=1S/C20H29N5O/c1-5-8-15-24(4)19-14-13-18(22-23-19)20(26)21-16-9-11-17(12-10-16)25(6-2)7-3/h9-14H,5-8,15H2,1-4H3,(H,21,26). The van der Waals surface area contributed by atoms with E-state index in [1.165, 1.54) is 0 Å². The van der Waals surface area contributed by atoms with Crippen molar-refractivity contribution in [3.63, 3.8) is 0 Å². The SMILES string of the molecule is CCCCN(C)c1ccc(C(=O)Nc2ccc(N(CC)CC)cc2)nn1. The first kappa shape index (κ1) is 19.7. The van der Waals surface area contributed by atoms with Gasteiger partial charge in [0.2, 0.25) is 0 Å². The van der Waals surface area contributed by atoms with Gasteiger partial charge < -0.3 is 15.1 Å². The quantitative estimate of drug-likeness (QED) is 0.741. The second kappa shape index (κ2) is 9.75. The van der Waals surface area contributed by atoms with Gasteiger partial charge in [-0.25, -0.2) is 0 Å². The van der Waals surface area contributed by atoms with E-state index in [0.29, 0.717) is 5.69 Å². The summed E-state index contributed by atoms with van der Waals surface area (Å²) < 4.78 is 0. The largest absolute Gasteiger partial charge is 0.372 e. The summed E-state index contributed by atoms with van der Waals surface area (Å²) in [4.78, 5) is 16.7. The predicted octanol–water partition coefficient (Wildman–Crippen LogP) is 3.81. The van der Waals surface area contributed by atoms with Gasteiger partial charge in [-0.15, -0.1) is 10.2 Å². The van der Waals surface area contributed by atoms with Crippen LogP contribution in [0.25, 0.3) is 0 Å². The molecule has 6 nitrogen and oxygen atoms in total. The van der Waals surface area contributed by atoms with Gasteiger partial charge in [0.1, 0.15) is 0 Å². The minimum absolute atomic E-state index is 0.254. The molecule has 0 atom stereocenters. The highest BCUT2D eigenvalue weighted by Gasteiger charge is 2.10. The van der Waals surface area contributed by atoms with E-state index < -0.39 is 0 Å². The van der Waals surface area contributed by atoms with Gasteiger partial charge in [-0.3, -0.25) is 4.79 Å². The van der Waals surface area contributed by atoms with Gasteiger partial charge in [-0.05, 0) is 56.7 Å². The zero-order chi connectivity index (χ0) is 18.9. The van der Waals surface area contributed by atoms with Crippen molar-refractivity contribution in [1.29, 1.82) is 0 Å². The Bertz CT molecular complexity index is 680. The van der Waals surface area contributed by atoms with Crippen molar-refractivity contribution >= 4 is 23.1 Å². The van der Waals surface area contributed by atoms with Crippen molar-refractivity contribution in [3.8, 4) is 0 Å². The molecule has 0 aliphatic heterocycles. The number of carbonyl (C=O) groups is 1. The monoisotopic (exact) mass is 355 g/mol. The first-order valence-electron chi connectivity index (χ1n) is 9.30. The number of carbonyl (C=O) groups excluding carboxylic acids is 1. The van der Waals surface area contributed by atoms with Crippen LogP contribution in [0.2, 0.25) is 0 Å². The van der Waals surface area contributed by atoms with Crippen LogP contribution in [-0.2, 0) is 0 Å². The second-order valence-corrected chi connectivity index (χ2v) is 6.23. The summed E-state index contributed by atoms with van der Waals surface area (Å²) >= 11 is 0. The van der Waals surface area contributed by atoms with Crippen LogP contribution >= 0.6 is 0 Å². The van der Waals surface area contributed by atoms with Gasteiger partial charge in [-0.1, -0.05) is 13.3 Å². The predicted molar refractivity (Wildman–Crippen MR) is 108 cm³/mol. The molecule has 0 aliphatic rings. The third-order valence-electron chi connectivity index (χ3n) is 4.38. The van der Waals surface area contributed by atoms with Gasteiger partial charge >= 0.3 is 0 Å². The topological polar surface area (TPSA) is 61.4 Å². The van der Waals surface area contributed by atoms with E-state index in [4.69, 9.17) is 0 Å². The van der Waals surface area contributed by atoms with Gasteiger partial charge in [0, 0.05) is 38.1 Å². The lowest BCUT2D eigenvalue weighted by Crippen LogP contribution is -2.22. The average Bonchev–Trinajstić information content (AvgIpc) is 2.68. The number of anilines is 3. The second-order valence-electron chi connectivity index (χ2n) is 6.23. The van der Waals surface area contributed by atoms with Gasteiger partial charge in [0.05, 0.1) is 0 Å². The number of rotatable bonds is 9. The van der Waals surface area contributed by atoms with E-state index in [2.05, 4.69) is 41.2 Å². The van der Waals surface area contributed by atoms with Crippen molar-refractivity contribution in [2.24, 2.45) is 0 Å². The van der Waals surface area contributed by atoms with Crippen LogP contribution in [0.1, 0.15) is 44.1 Å². The molecule has 0 unspecified atom stereocenters. The molecular weight excluding hydrogens is 326 g/mol. The van der Waals surface area contributed by atoms with Crippen LogP contribution in [-0.4, -0.2) is 42.8 Å². The molecule has 1 heterocycles. The number of hydrogen-bond acceptors (Lipinski definition) is 5. The summed E-state index contributed by atoms with van der Waals surface area (Å²) in [5, 5.41) is 11.1. The average molecular weight is 355 g/mol. The highest BCUT2D eigenvalue weighted by Crippen LogP contribution is 2.18. The summed E-state index contributed by atoms with van der Waals surface area (Å²) in [5.74, 6) is 0.523. The zero-order valence-electron chi connectivity index (χ0n) is 16.2. The Labute approximate surface area is 156 Å². The maximum absolute atomic E-state index is 12.4. The number of benzene rings is 1. The van der Waals surface area contributed by atoms with E-state index in [9.17, 15) is 4.79 Å². The van der Waals surface area contributed by atoms with Gasteiger partial charge in [0.25, 0.3) is 5.91 Å². The number of nitrogens with zero attached hydrogens (tertiary/aromatic N) is 4. The Morgan fingerprint density at radius 3 is 2.23 bits per heavy atom. The molecule has 0 aliphatic carbocycles. The van der Waals surface area contributed by atoms with Gasteiger partial charge in [0.15, 0.2) is 11.5 Å². The normalized spacial score (nSPS) is 10.5. The van der Waals surface area contributed by atoms with Crippen molar-refractivity contribution in [1.82, 2.24) is 10.2 Å².